The summed E-state index contributed by atoms with van der Waals surface area (Å²) in [6.45, 7) is 4.86. The highest BCUT2D eigenvalue weighted by Gasteiger charge is 2.38. The van der Waals surface area contributed by atoms with Crippen LogP contribution >= 0.6 is 0 Å². The van der Waals surface area contributed by atoms with Crippen LogP contribution < -0.4 is 5.32 Å². The minimum absolute atomic E-state index is 0.0498. The summed E-state index contributed by atoms with van der Waals surface area (Å²) in [6, 6.07) is 16.6. The average Bonchev–Trinajstić information content (AvgIpc) is 2.92. The lowest BCUT2D eigenvalue weighted by atomic mass is 9.84. The minimum Gasteiger partial charge on any atom is -0.383 e. The lowest BCUT2D eigenvalue weighted by molar-refractivity contribution is 0.0177. The van der Waals surface area contributed by atoms with Crippen molar-refractivity contribution in [3.05, 3.63) is 70.8 Å². The van der Waals surface area contributed by atoms with Gasteiger partial charge in [0.2, 0.25) is 0 Å². The molecule has 0 saturated carbocycles. The van der Waals surface area contributed by atoms with Gasteiger partial charge < -0.3 is 10.4 Å². The van der Waals surface area contributed by atoms with Crippen LogP contribution in [-0.2, 0) is 18.6 Å². The Balaban J connectivity index is 1.96. The Morgan fingerprint density at radius 2 is 1.85 bits per heavy atom. The number of fused-ring (bicyclic) bond motifs is 1. The molecule has 0 aromatic heterocycles. The monoisotopic (exact) mass is 267 g/mol. The molecule has 2 N–H and O–H groups in total. The summed E-state index contributed by atoms with van der Waals surface area (Å²) in [5, 5.41) is 14.5. The van der Waals surface area contributed by atoms with E-state index in [0.717, 1.165) is 18.5 Å². The average molecular weight is 267 g/mol. The standard InChI is InChI=1S/C18H21NO/c1-3-13-8-10-15(11-9-13)18(2,20)17-16-7-5-4-6-14(16)12-19-17/h4-11,17,19-20H,3,12H2,1-2H3. The molecule has 0 amide bonds. The van der Waals surface area contributed by atoms with Crippen LogP contribution in [0.15, 0.2) is 48.5 Å². The predicted molar refractivity (Wildman–Crippen MR) is 81.4 cm³/mol. The number of hydrogen-bond donors (Lipinski definition) is 2. The Hall–Kier alpha value is -1.64. The highest BCUT2D eigenvalue weighted by atomic mass is 16.3. The van der Waals surface area contributed by atoms with E-state index in [0.29, 0.717) is 0 Å². The zero-order valence-electron chi connectivity index (χ0n) is 12.1. The van der Waals surface area contributed by atoms with Crippen LogP contribution in [0.3, 0.4) is 0 Å². The summed E-state index contributed by atoms with van der Waals surface area (Å²) >= 11 is 0. The van der Waals surface area contributed by atoms with Crippen molar-refractivity contribution in [1.82, 2.24) is 5.32 Å². The molecule has 2 unspecified atom stereocenters. The third-order valence-electron chi connectivity index (χ3n) is 4.37. The highest BCUT2D eigenvalue weighted by molar-refractivity contribution is 5.39. The molecule has 2 heteroatoms. The Kier molecular flexibility index (Phi) is 3.36. The van der Waals surface area contributed by atoms with Gasteiger partial charge >= 0.3 is 0 Å². The fourth-order valence-corrected chi connectivity index (χ4v) is 3.04. The summed E-state index contributed by atoms with van der Waals surface area (Å²) in [5.74, 6) is 0. The molecule has 0 bridgehead atoms. The van der Waals surface area contributed by atoms with Crippen molar-refractivity contribution in [3.8, 4) is 0 Å². The number of hydrogen-bond acceptors (Lipinski definition) is 2. The molecule has 0 spiro atoms. The summed E-state index contributed by atoms with van der Waals surface area (Å²) in [7, 11) is 0. The molecule has 20 heavy (non-hydrogen) atoms. The van der Waals surface area contributed by atoms with Crippen molar-refractivity contribution in [2.75, 3.05) is 0 Å². The van der Waals surface area contributed by atoms with E-state index >= 15 is 0 Å². The van der Waals surface area contributed by atoms with Crippen LogP contribution in [0.5, 0.6) is 0 Å². The molecule has 3 rings (SSSR count). The largest absolute Gasteiger partial charge is 0.383 e. The molecule has 1 heterocycles. The molecule has 1 aliphatic heterocycles. The predicted octanol–water partition coefficient (Wildman–Crippen LogP) is 3.30. The quantitative estimate of drug-likeness (QED) is 0.894. The van der Waals surface area contributed by atoms with Crippen molar-refractivity contribution in [2.24, 2.45) is 0 Å². The Labute approximate surface area is 120 Å². The van der Waals surface area contributed by atoms with Crippen LogP contribution in [0.25, 0.3) is 0 Å². The Bertz CT molecular complexity index is 601. The molecular formula is C18H21NO. The molecule has 1 aliphatic rings. The first-order chi connectivity index (χ1) is 9.63. The van der Waals surface area contributed by atoms with Gasteiger partial charge in [-0.25, -0.2) is 0 Å². The molecular weight excluding hydrogens is 246 g/mol. The fourth-order valence-electron chi connectivity index (χ4n) is 3.04. The second-order valence-corrected chi connectivity index (χ2v) is 5.71. The number of aliphatic hydroxyl groups is 1. The summed E-state index contributed by atoms with van der Waals surface area (Å²) in [4.78, 5) is 0. The second-order valence-electron chi connectivity index (χ2n) is 5.71. The van der Waals surface area contributed by atoms with Crippen LogP contribution in [0.1, 0.15) is 42.1 Å². The van der Waals surface area contributed by atoms with Crippen molar-refractivity contribution < 1.29 is 5.11 Å². The third-order valence-corrected chi connectivity index (χ3v) is 4.37. The Morgan fingerprint density at radius 3 is 2.55 bits per heavy atom. The van der Waals surface area contributed by atoms with Gasteiger partial charge in [-0.3, -0.25) is 0 Å². The zero-order chi connectivity index (χ0) is 14.2. The van der Waals surface area contributed by atoms with E-state index < -0.39 is 5.60 Å². The first-order valence-corrected chi connectivity index (χ1v) is 7.26. The summed E-state index contributed by atoms with van der Waals surface area (Å²) < 4.78 is 0. The lowest BCUT2D eigenvalue weighted by Gasteiger charge is -2.31. The van der Waals surface area contributed by atoms with Crippen molar-refractivity contribution in [1.29, 1.82) is 0 Å². The van der Waals surface area contributed by atoms with E-state index in [2.05, 4.69) is 36.5 Å². The van der Waals surface area contributed by atoms with Crippen molar-refractivity contribution >= 4 is 0 Å². The van der Waals surface area contributed by atoms with Crippen LogP contribution in [-0.4, -0.2) is 5.11 Å². The number of aryl methyl sites for hydroxylation is 1. The molecule has 0 fully saturated rings. The number of benzene rings is 2. The molecule has 0 aliphatic carbocycles. The van der Waals surface area contributed by atoms with Gasteiger partial charge in [-0.15, -0.1) is 0 Å². The highest BCUT2D eigenvalue weighted by Crippen LogP contribution is 2.39. The van der Waals surface area contributed by atoms with Crippen LogP contribution in [0, 0.1) is 0 Å². The van der Waals surface area contributed by atoms with E-state index in [9.17, 15) is 5.11 Å². The van der Waals surface area contributed by atoms with E-state index in [1.165, 1.54) is 16.7 Å². The van der Waals surface area contributed by atoms with E-state index in [-0.39, 0.29) is 6.04 Å². The number of rotatable bonds is 3. The van der Waals surface area contributed by atoms with Crippen molar-refractivity contribution in [3.63, 3.8) is 0 Å². The molecule has 0 saturated heterocycles. The first kappa shape index (κ1) is 13.3. The maximum absolute atomic E-state index is 11.0. The summed E-state index contributed by atoms with van der Waals surface area (Å²) in [6.07, 6.45) is 1.02. The second kappa shape index (κ2) is 5.04. The maximum atomic E-state index is 11.0. The topological polar surface area (TPSA) is 32.3 Å². The molecule has 2 atom stereocenters. The molecule has 2 nitrogen and oxygen atoms in total. The first-order valence-electron chi connectivity index (χ1n) is 7.26. The van der Waals surface area contributed by atoms with Gasteiger partial charge in [-0.2, -0.15) is 0 Å². The zero-order valence-corrected chi connectivity index (χ0v) is 12.1. The molecule has 104 valence electrons. The lowest BCUT2D eigenvalue weighted by Crippen LogP contribution is -2.35. The normalized spacial score (nSPS) is 20.4. The van der Waals surface area contributed by atoms with Gasteiger partial charge in [0.15, 0.2) is 0 Å². The van der Waals surface area contributed by atoms with E-state index in [1.54, 1.807) is 0 Å². The van der Waals surface area contributed by atoms with Gasteiger partial charge in [0.05, 0.1) is 6.04 Å². The van der Waals surface area contributed by atoms with Gasteiger partial charge in [0, 0.05) is 6.54 Å². The Morgan fingerprint density at radius 1 is 1.15 bits per heavy atom. The molecule has 2 aromatic carbocycles. The van der Waals surface area contributed by atoms with E-state index in [1.807, 2.05) is 31.2 Å². The fraction of sp³-hybridized carbons (Fsp3) is 0.333. The maximum Gasteiger partial charge on any atom is 0.106 e. The molecule has 2 aromatic rings. The van der Waals surface area contributed by atoms with Crippen LogP contribution in [0.2, 0.25) is 0 Å². The van der Waals surface area contributed by atoms with Gasteiger partial charge in [-0.05, 0) is 35.6 Å². The van der Waals surface area contributed by atoms with Gasteiger partial charge in [-0.1, -0.05) is 55.5 Å². The van der Waals surface area contributed by atoms with Gasteiger partial charge in [0.1, 0.15) is 5.60 Å². The molecule has 0 radical (unpaired) electrons. The SMILES string of the molecule is CCc1ccc(C(C)(O)C2NCc3ccccc32)cc1. The smallest absolute Gasteiger partial charge is 0.106 e. The minimum atomic E-state index is -0.904. The number of nitrogens with one attached hydrogen (secondary N) is 1. The van der Waals surface area contributed by atoms with Crippen molar-refractivity contribution in [2.45, 2.75) is 38.5 Å². The van der Waals surface area contributed by atoms with Crippen LogP contribution in [0.4, 0.5) is 0 Å². The van der Waals surface area contributed by atoms with Gasteiger partial charge in [0.25, 0.3) is 0 Å². The van der Waals surface area contributed by atoms with E-state index in [4.69, 9.17) is 0 Å². The third kappa shape index (κ3) is 2.15. The summed E-state index contributed by atoms with van der Waals surface area (Å²) in [5.41, 5.74) is 3.84.